The fourth-order valence-electron chi connectivity index (χ4n) is 1.78. The first-order chi connectivity index (χ1) is 9.62. The van der Waals surface area contributed by atoms with Crippen LogP contribution in [-0.4, -0.2) is 9.97 Å². The van der Waals surface area contributed by atoms with Crippen LogP contribution in [0.5, 0.6) is 0 Å². The van der Waals surface area contributed by atoms with E-state index in [0.29, 0.717) is 11.7 Å². The number of hydrogen-bond acceptors (Lipinski definition) is 4. The van der Waals surface area contributed by atoms with Crippen LogP contribution in [0.4, 0.5) is 0 Å². The monoisotopic (exact) mass is 353 g/mol. The van der Waals surface area contributed by atoms with Crippen molar-refractivity contribution >= 4 is 27.7 Å². The molecule has 0 spiro atoms. The maximum absolute atomic E-state index is 11.6. The zero-order valence-electron chi connectivity index (χ0n) is 11.1. The van der Waals surface area contributed by atoms with E-state index in [4.69, 9.17) is 5.73 Å². The SMILES string of the molecule is CCCc1cc(=O)[nH]c(Sc2ccc(CN)c(Br)c2)n1. The Morgan fingerprint density at radius 2 is 2.20 bits per heavy atom. The Balaban J connectivity index is 2.25. The molecule has 0 bridgehead atoms. The normalized spacial score (nSPS) is 10.8. The first-order valence-electron chi connectivity index (χ1n) is 6.39. The van der Waals surface area contributed by atoms with E-state index in [2.05, 4.69) is 32.8 Å². The number of benzene rings is 1. The number of aromatic amines is 1. The van der Waals surface area contributed by atoms with Crippen molar-refractivity contribution in [1.29, 1.82) is 0 Å². The van der Waals surface area contributed by atoms with Gasteiger partial charge in [-0.2, -0.15) is 0 Å². The van der Waals surface area contributed by atoms with Crippen LogP contribution in [0.15, 0.2) is 43.6 Å². The van der Waals surface area contributed by atoms with E-state index in [9.17, 15) is 4.79 Å². The fourth-order valence-corrected chi connectivity index (χ4v) is 3.33. The van der Waals surface area contributed by atoms with E-state index in [1.807, 2.05) is 18.2 Å². The molecule has 2 rings (SSSR count). The van der Waals surface area contributed by atoms with Gasteiger partial charge in [0, 0.05) is 27.7 Å². The van der Waals surface area contributed by atoms with E-state index < -0.39 is 0 Å². The summed E-state index contributed by atoms with van der Waals surface area (Å²) in [5.41, 5.74) is 7.40. The fraction of sp³-hybridized carbons (Fsp3) is 0.286. The molecule has 0 saturated heterocycles. The van der Waals surface area contributed by atoms with Gasteiger partial charge in [0.1, 0.15) is 0 Å². The zero-order chi connectivity index (χ0) is 14.5. The van der Waals surface area contributed by atoms with Gasteiger partial charge in [-0.1, -0.05) is 47.1 Å². The molecule has 6 heteroatoms. The van der Waals surface area contributed by atoms with E-state index >= 15 is 0 Å². The van der Waals surface area contributed by atoms with E-state index in [0.717, 1.165) is 33.5 Å². The number of hydrogen-bond donors (Lipinski definition) is 2. The molecule has 0 aliphatic rings. The molecular formula is C14H16BrN3OS. The van der Waals surface area contributed by atoms with E-state index in [1.165, 1.54) is 11.8 Å². The zero-order valence-corrected chi connectivity index (χ0v) is 13.6. The third kappa shape index (κ3) is 3.94. The Labute approximate surface area is 130 Å². The first kappa shape index (κ1) is 15.3. The smallest absolute Gasteiger partial charge is 0.251 e. The van der Waals surface area contributed by atoms with Crippen molar-refractivity contribution in [2.24, 2.45) is 5.73 Å². The summed E-state index contributed by atoms with van der Waals surface area (Å²) >= 11 is 4.93. The molecule has 20 heavy (non-hydrogen) atoms. The molecule has 0 aliphatic carbocycles. The molecule has 2 aromatic rings. The number of H-pyrrole nitrogens is 1. The number of aryl methyl sites for hydroxylation is 1. The third-order valence-electron chi connectivity index (χ3n) is 2.74. The van der Waals surface area contributed by atoms with Gasteiger partial charge in [0.05, 0.1) is 0 Å². The molecule has 4 nitrogen and oxygen atoms in total. The second kappa shape index (κ2) is 7.06. The van der Waals surface area contributed by atoms with E-state index in [1.54, 1.807) is 6.07 Å². The third-order valence-corrected chi connectivity index (χ3v) is 4.35. The summed E-state index contributed by atoms with van der Waals surface area (Å²) in [6, 6.07) is 7.49. The number of nitrogens with zero attached hydrogens (tertiary/aromatic N) is 1. The predicted molar refractivity (Wildman–Crippen MR) is 85.0 cm³/mol. The van der Waals surface area contributed by atoms with Gasteiger partial charge in [-0.3, -0.25) is 4.79 Å². The Kier molecular flexibility index (Phi) is 5.39. The molecule has 0 radical (unpaired) electrons. The lowest BCUT2D eigenvalue weighted by molar-refractivity contribution is 0.816. The topological polar surface area (TPSA) is 71.8 Å². The van der Waals surface area contributed by atoms with Gasteiger partial charge in [0.25, 0.3) is 5.56 Å². The van der Waals surface area contributed by atoms with Crippen LogP contribution < -0.4 is 11.3 Å². The molecule has 1 heterocycles. The van der Waals surface area contributed by atoms with Crippen LogP contribution in [0.25, 0.3) is 0 Å². The summed E-state index contributed by atoms with van der Waals surface area (Å²) in [6.45, 7) is 2.56. The lowest BCUT2D eigenvalue weighted by Gasteiger charge is -2.06. The summed E-state index contributed by atoms with van der Waals surface area (Å²) in [5, 5.41) is 0.619. The van der Waals surface area contributed by atoms with Crippen molar-refractivity contribution in [2.75, 3.05) is 0 Å². The summed E-state index contributed by atoms with van der Waals surface area (Å²) in [6.07, 6.45) is 1.78. The highest BCUT2D eigenvalue weighted by Gasteiger charge is 2.05. The van der Waals surface area contributed by atoms with Crippen LogP contribution in [0.1, 0.15) is 24.6 Å². The lowest BCUT2D eigenvalue weighted by Crippen LogP contribution is -2.09. The molecule has 3 N–H and O–H groups in total. The van der Waals surface area contributed by atoms with Gasteiger partial charge < -0.3 is 10.7 Å². The van der Waals surface area contributed by atoms with Gasteiger partial charge in [-0.25, -0.2) is 4.98 Å². The van der Waals surface area contributed by atoms with Crippen LogP contribution in [-0.2, 0) is 13.0 Å². The average molecular weight is 354 g/mol. The van der Waals surface area contributed by atoms with Crippen molar-refractivity contribution in [3.8, 4) is 0 Å². The van der Waals surface area contributed by atoms with Gasteiger partial charge >= 0.3 is 0 Å². The molecule has 106 valence electrons. The number of rotatable bonds is 5. The minimum absolute atomic E-state index is 0.108. The van der Waals surface area contributed by atoms with Gasteiger partial charge in [0.2, 0.25) is 0 Å². The summed E-state index contributed by atoms with van der Waals surface area (Å²) in [5.74, 6) is 0. The minimum Gasteiger partial charge on any atom is -0.326 e. The van der Waals surface area contributed by atoms with E-state index in [-0.39, 0.29) is 5.56 Å². The standard InChI is InChI=1S/C14H16BrN3OS/c1-2-3-10-6-13(19)18-14(17-10)20-11-5-4-9(8-16)12(15)7-11/h4-7H,2-3,8,16H2,1H3,(H,17,18,19). The maximum atomic E-state index is 11.6. The molecule has 0 saturated carbocycles. The molecule has 1 aromatic heterocycles. The summed E-state index contributed by atoms with van der Waals surface area (Å²) in [7, 11) is 0. The molecule has 0 unspecified atom stereocenters. The molecular weight excluding hydrogens is 338 g/mol. The van der Waals surface area contributed by atoms with Crippen LogP contribution in [0.3, 0.4) is 0 Å². The lowest BCUT2D eigenvalue weighted by atomic mass is 10.2. The van der Waals surface area contributed by atoms with Gasteiger partial charge in [0.15, 0.2) is 5.16 Å². The maximum Gasteiger partial charge on any atom is 0.251 e. The molecule has 1 aromatic carbocycles. The van der Waals surface area contributed by atoms with Crippen LogP contribution in [0.2, 0.25) is 0 Å². The molecule has 0 fully saturated rings. The quantitative estimate of drug-likeness (QED) is 0.810. The van der Waals surface area contributed by atoms with Crippen molar-refractivity contribution < 1.29 is 0 Å². The number of nitrogens with one attached hydrogen (secondary N) is 1. The van der Waals surface area contributed by atoms with Crippen LogP contribution >= 0.6 is 27.7 Å². The summed E-state index contributed by atoms with van der Waals surface area (Å²) in [4.78, 5) is 19.8. The Hall–Kier alpha value is -1.11. The van der Waals surface area contributed by atoms with Crippen molar-refractivity contribution in [3.63, 3.8) is 0 Å². The largest absolute Gasteiger partial charge is 0.326 e. The molecule has 0 aliphatic heterocycles. The van der Waals surface area contributed by atoms with Gasteiger partial charge in [-0.15, -0.1) is 0 Å². The molecule has 0 atom stereocenters. The summed E-state index contributed by atoms with van der Waals surface area (Å²) < 4.78 is 0.969. The predicted octanol–water partition coefficient (Wildman–Crippen LogP) is 3.09. The highest BCUT2D eigenvalue weighted by Crippen LogP contribution is 2.28. The van der Waals surface area contributed by atoms with Crippen LogP contribution in [0, 0.1) is 0 Å². The van der Waals surface area contributed by atoms with Crippen molar-refractivity contribution in [3.05, 3.63) is 50.3 Å². The molecule has 0 amide bonds. The Bertz CT molecular complexity index is 657. The number of aromatic nitrogens is 2. The van der Waals surface area contributed by atoms with Gasteiger partial charge in [-0.05, 0) is 24.1 Å². The Morgan fingerprint density at radius 3 is 2.85 bits per heavy atom. The number of halogens is 1. The van der Waals surface area contributed by atoms with Crippen molar-refractivity contribution in [2.45, 2.75) is 36.4 Å². The second-order valence-corrected chi connectivity index (χ2v) is 6.27. The van der Waals surface area contributed by atoms with Crippen molar-refractivity contribution in [1.82, 2.24) is 9.97 Å². The highest BCUT2D eigenvalue weighted by atomic mass is 79.9. The number of nitrogens with two attached hydrogens (primary N) is 1. The minimum atomic E-state index is -0.108. The first-order valence-corrected chi connectivity index (χ1v) is 8.00. The second-order valence-electron chi connectivity index (χ2n) is 4.35. The highest BCUT2D eigenvalue weighted by molar-refractivity contribution is 9.10. The Morgan fingerprint density at radius 1 is 1.40 bits per heavy atom. The average Bonchev–Trinajstić information content (AvgIpc) is 2.38.